The summed E-state index contributed by atoms with van der Waals surface area (Å²) in [5, 5.41) is 11.7. The first-order chi connectivity index (χ1) is 6.22. The number of anilines is 1. The molecule has 0 fully saturated rings. The number of hydrogen-bond donors (Lipinski definition) is 3. The van der Waals surface area contributed by atoms with Crippen LogP contribution in [0.1, 0.15) is 6.42 Å². The number of aromatic hydroxyl groups is 1. The second-order valence-corrected chi connectivity index (χ2v) is 3.02. The van der Waals surface area contributed by atoms with E-state index < -0.39 is 0 Å². The fourth-order valence-corrected chi connectivity index (χ4v) is 1.11. The highest BCUT2D eigenvalue weighted by molar-refractivity contribution is 7.80. The molecule has 70 valence electrons. The highest BCUT2D eigenvalue weighted by Gasteiger charge is 2.00. The van der Waals surface area contributed by atoms with Gasteiger partial charge in [-0.1, -0.05) is 6.07 Å². The highest BCUT2D eigenvalue weighted by atomic mass is 32.1. The molecule has 1 aromatic rings. The van der Waals surface area contributed by atoms with Gasteiger partial charge in [-0.2, -0.15) is 12.6 Å². The SMILES string of the molecule is O=C(CCS)Nc1cccc(O)c1. The molecule has 0 aromatic heterocycles. The number of hydrogen-bond acceptors (Lipinski definition) is 3. The van der Waals surface area contributed by atoms with E-state index in [1.807, 2.05) is 0 Å². The molecule has 4 heteroatoms. The number of nitrogens with one attached hydrogen (secondary N) is 1. The summed E-state index contributed by atoms with van der Waals surface area (Å²) in [4.78, 5) is 11.1. The van der Waals surface area contributed by atoms with E-state index in [-0.39, 0.29) is 11.7 Å². The van der Waals surface area contributed by atoms with Crippen LogP contribution in [0.5, 0.6) is 5.75 Å². The van der Waals surface area contributed by atoms with Crippen molar-refractivity contribution in [2.75, 3.05) is 11.1 Å². The summed E-state index contributed by atoms with van der Waals surface area (Å²) < 4.78 is 0. The Morgan fingerprint density at radius 2 is 2.31 bits per heavy atom. The zero-order valence-corrected chi connectivity index (χ0v) is 7.92. The molecule has 13 heavy (non-hydrogen) atoms. The fourth-order valence-electron chi connectivity index (χ4n) is 0.909. The van der Waals surface area contributed by atoms with Crippen molar-refractivity contribution < 1.29 is 9.90 Å². The standard InChI is InChI=1S/C9H11NO2S/c11-8-3-1-2-7(6-8)10-9(12)4-5-13/h1-3,6,11,13H,4-5H2,(H,10,12). The summed E-state index contributed by atoms with van der Waals surface area (Å²) >= 11 is 3.94. The number of rotatable bonds is 3. The Balaban J connectivity index is 2.58. The minimum absolute atomic E-state index is 0.0967. The third-order valence-corrected chi connectivity index (χ3v) is 1.69. The van der Waals surface area contributed by atoms with Crippen molar-refractivity contribution in [3.63, 3.8) is 0 Å². The Morgan fingerprint density at radius 1 is 1.54 bits per heavy atom. The predicted octanol–water partition coefficient (Wildman–Crippen LogP) is 1.65. The normalized spacial score (nSPS) is 9.62. The van der Waals surface area contributed by atoms with E-state index in [1.165, 1.54) is 6.07 Å². The molecule has 0 spiro atoms. The lowest BCUT2D eigenvalue weighted by Gasteiger charge is -2.03. The van der Waals surface area contributed by atoms with Gasteiger partial charge in [0.15, 0.2) is 0 Å². The van der Waals surface area contributed by atoms with Crippen molar-refractivity contribution in [2.24, 2.45) is 0 Å². The molecule has 0 atom stereocenters. The molecule has 2 N–H and O–H groups in total. The van der Waals surface area contributed by atoms with Crippen LogP contribution < -0.4 is 5.32 Å². The summed E-state index contributed by atoms with van der Waals surface area (Å²) in [6.07, 6.45) is 0.374. The minimum atomic E-state index is -0.0967. The maximum atomic E-state index is 11.1. The number of phenols is 1. The lowest BCUT2D eigenvalue weighted by molar-refractivity contribution is -0.115. The summed E-state index contributed by atoms with van der Waals surface area (Å²) in [5.41, 5.74) is 0.604. The van der Waals surface area contributed by atoms with Crippen LogP contribution in [0.4, 0.5) is 5.69 Å². The lowest BCUT2D eigenvalue weighted by Crippen LogP contribution is -2.11. The van der Waals surface area contributed by atoms with Crippen molar-refractivity contribution in [1.29, 1.82) is 0 Å². The minimum Gasteiger partial charge on any atom is -0.508 e. The van der Waals surface area contributed by atoms with Crippen molar-refractivity contribution >= 4 is 24.2 Å². The van der Waals surface area contributed by atoms with Crippen LogP contribution in [0.25, 0.3) is 0 Å². The maximum Gasteiger partial charge on any atom is 0.225 e. The quantitative estimate of drug-likeness (QED) is 0.645. The van der Waals surface area contributed by atoms with Gasteiger partial charge in [-0.05, 0) is 17.9 Å². The molecule has 0 aliphatic rings. The number of benzene rings is 1. The van der Waals surface area contributed by atoms with E-state index in [1.54, 1.807) is 18.2 Å². The number of thiol groups is 1. The summed E-state index contributed by atoms with van der Waals surface area (Å²) in [5.74, 6) is 0.564. The van der Waals surface area contributed by atoms with Crippen molar-refractivity contribution in [3.05, 3.63) is 24.3 Å². The van der Waals surface area contributed by atoms with Crippen molar-refractivity contribution in [1.82, 2.24) is 0 Å². The smallest absolute Gasteiger partial charge is 0.225 e. The van der Waals surface area contributed by atoms with Crippen molar-refractivity contribution in [3.8, 4) is 5.75 Å². The van der Waals surface area contributed by atoms with Gasteiger partial charge in [0, 0.05) is 18.2 Å². The van der Waals surface area contributed by atoms with E-state index in [2.05, 4.69) is 17.9 Å². The van der Waals surface area contributed by atoms with E-state index in [4.69, 9.17) is 5.11 Å². The molecule has 0 aliphatic carbocycles. The van der Waals surface area contributed by atoms with Gasteiger partial charge < -0.3 is 10.4 Å². The van der Waals surface area contributed by atoms with E-state index in [0.717, 1.165) is 0 Å². The van der Waals surface area contributed by atoms with Gasteiger partial charge in [0.1, 0.15) is 5.75 Å². The predicted molar refractivity (Wildman–Crippen MR) is 55.2 cm³/mol. The number of phenolic OH excluding ortho intramolecular Hbond substituents is 1. The molecular weight excluding hydrogens is 186 g/mol. The molecule has 1 aromatic carbocycles. The lowest BCUT2D eigenvalue weighted by atomic mass is 10.3. The summed E-state index contributed by atoms with van der Waals surface area (Å²) in [6, 6.07) is 6.44. The topological polar surface area (TPSA) is 49.3 Å². The molecule has 0 aliphatic heterocycles. The number of carbonyl (C=O) groups is 1. The Kier molecular flexibility index (Phi) is 3.64. The first kappa shape index (κ1) is 9.92. The Bertz CT molecular complexity index is 301. The third-order valence-electron chi connectivity index (χ3n) is 1.47. The van der Waals surface area contributed by atoms with E-state index in [0.29, 0.717) is 17.9 Å². The van der Waals surface area contributed by atoms with Crippen LogP contribution in [0, 0.1) is 0 Å². The average molecular weight is 197 g/mol. The zero-order chi connectivity index (χ0) is 9.68. The van der Waals surface area contributed by atoms with Crippen LogP contribution in [-0.4, -0.2) is 16.8 Å². The van der Waals surface area contributed by atoms with Gasteiger partial charge in [-0.3, -0.25) is 4.79 Å². The monoisotopic (exact) mass is 197 g/mol. The van der Waals surface area contributed by atoms with Crippen LogP contribution in [0.15, 0.2) is 24.3 Å². The zero-order valence-electron chi connectivity index (χ0n) is 7.03. The van der Waals surface area contributed by atoms with Crippen molar-refractivity contribution in [2.45, 2.75) is 6.42 Å². The Labute approximate surface area is 82.2 Å². The van der Waals surface area contributed by atoms with Crippen LogP contribution in [0.3, 0.4) is 0 Å². The average Bonchev–Trinajstić information content (AvgIpc) is 2.04. The van der Waals surface area contributed by atoms with Gasteiger partial charge in [0.2, 0.25) is 5.91 Å². The summed E-state index contributed by atoms with van der Waals surface area (Å²) in [7, 11) is 0. The Morgan fingerprint density at radius 3 is 2.92 bits per heavy atom. The highest BCUT2D eigenvalue weighted by Crippen LogP contribution is 2.15. The first-order valence-electron chi connectivity index (χ1n) is 3.92. The van der Waals surface area contributed by atoms with Gasteiger partial charge >= 0.3 is 0 Å². The Hall–Kier alpha value is -1.16. The van der Waals surface area contributed by atoms with E-state index in [9.17, 15) is 4.79 Å². The van der Waals surface area contributed by atoms with Crippen LogP contribution in [-0.2, 0) is 4.79 Å². The number of carbonyl (C=O) groups excluding carboxylic acids is 1. The fraction of sp³-hybridized carbons (Fsp3) is 0.222. The van der Waals surface area contributed by atoms with E-state index >= 15 is 0 Å². The van der Waals surface area contributed by atoms with Gasteiger partial charge in [-0.15, -0.1) is 0 Å². The third kappa shape index (κ3) is 3.38. The molecular formula is C9H11NO2S. The largest absolute Gasteiger partial charge is 0.508 e. The van der Waals surface area contributed by atoms with Gasteiger partial charge in [0.05, 0.1) is 0 Å². The molecule has 0 radical (unpaired) electrons. The van der Waals surface area contributed by atoms with Crippen LogP contribution >= 0.6 is 12.6 Å². The molecule has 1 amide bonds. The second-order valence-electron chi connectivity index (χ2n) is 2.57. The molecule has 0 heterocycles. The molecule has 0 saturated heterocycles. The second kappa shape index (κ2) is 4.77. The van der Waals surface area contributed by atoms with Crippen LogP contribution in [0.2, 0.25) is 0 Å². The molecule has 3 nitrogen and oxygen atoms in total. The molecule has 0 unspecified atom stereocenters. The summed E-state index contributed by atoms with van der Waals surface area (Å²) in [6.45, 7) is 0. The number of amides is 1. The first-order valence-corrected chi connectivity index (χ1v) is 4.55. The molecule has 0 saturated carbocycles. The molecule has 0 bridgehead atoms. The van der Waals surface area contributed by atoms with Gasteiger partial charge in [-0.25, -0.2) is 0 Å². The van der Waals surface area contributed by atoms with Gasteiger partial charge in [0.25, 0.3) is 0 Å². The molecule has 1 rings (SSSR count). The maximum absolute atomic E-state index is 11.1.